The summed E-state index contributed by atoms with van der Waals surface area (Å²) in [6.45, 7) is 3.05. The molecular weight excluding hydrogens is 208 g/mol. The van der Waals surface area contributed by atoms with Crippen molar-refractivity contribution in [2.45, 2.75) is 25.1 Å². The van der Waals surface area contributed by atoms with Crippen molar-refractivity contribution in [2.75, 3.05) is 13.7 Å². The molecule has 0 aromatic heterocycles. The molecule has 0 fully saturated rings. The van der Waals surface area contributed by atoms with Gasteiger partial charge in [0.25, 0.3) is 0 Å². The van der Waals surface area contributed by atoms with E-state index >= 15 is 0 Å². The summed E-state index contributed by atoms with van der Waals surface area (Å²) in [7, 11) is -2.55. The Kier molecular flexibility index (Phi) is 5.03. The van der Waals surface area contributed by atoms with Crippen LogP contribution in [0.1, 0.15) is 13.8 Å². The second-order valence-corrected chi connectivity index (χ2v) is 5.00. The number of sulfonamides is 1. The van der Waals surface area contributed by atoms with E-state index in [2.05, 4.69) is 9.46 Å². The number of esters is 1. The molecule has 84 valence electrons. The van der Waals surface area contributed by atoms with Gasteiger partial charge in [-0.05, 0) is 13.8 Å². The van der Waals surface area contributed by atoms with Crippen LogP contribution in [-0.2, 0) is 19.6 Å². The molecular formula is C7H16N2O4S. The van der Waals surface area contributed by atoms with Crippen molar-refractivity contribution < 1.29 is 17.9 Å². The molecule has 0 rings (SSSR count). The Morgan fingerprint density at radius 1 is 1.50 bits per heavy atom. The predicted octanol–water partition coefficient (Wildman–Crippen LogP) is -1.19. The fourth-order valence-electron chi connectivity index (χ4n) is 0.723. The van der Waals surface area contributed by atoms with Crippen LogP contribution in [0.5, 0.6) is 0 Å². The molecule has 0 spiro atoms. The minimum Gasteiger partial charge on any atom is -0.468 e. The summed E-state index contributed by atoms with van der Waals surface area (Å²) in [6, 6.07) is -0.396. The highest BCUT2D eigenvalue weighted by atomic mass is 32.2. The first-order valence-electron chi connectivity index (χ1n) is 4.14. The number of ether oxygens (including phenoxy) is 1. The van der Waals surface area contributed by atoms with Gasteiger partial charge in [-0.15, -0.1) is 0 Å². The average molecular weight is 224 g/mol. The van der Waals surface area contributed by atoms with E-state index in [-0.39, 0.29) is 6.54 Å². The predicted molar refractivity (Wildman–Crippen MR) is 52.0 cm³/mol. The van der Waals surface area contributed by atoms with Crippen LogP contribution in [-0.4, -0.2) is 39.3 Å². The minimum absolute atomic E-state index is 0.174. The molecule has 0 bridgehead atoms. The fraction of sp³-hybridized carbons (Fsp3) is 0.857. The van der Waals surface area contributed by atoms with Gasteiger partial charge in [0, 0.05) is 12.6 Å². The lowest BCUT2D eigenvalue weighted by Crippen LogP contribution is -2.44. The largest absolute Gasteiger partial charge is 0.468 e. The molecule has 2 atom stereocenters. The summed E-state index contributed by atoms with van der Waals surface area (Å²) in [6.07, 6.45) is 0. The monoisotopic (exact) mass is 224 g/mol. The molecule has 0 aromatic carbocycles. The highest BCUT2D eigenvalue weighted by molar-refractivity contribution is 7.90. The molecule has 7 heteroatoms. The smallest absolute Gasteiger partial charge is 0.325 e. The number of nitrogens with one attached hydrogen (secondary N) is 1. The summed E-state index contributed by atoms with van der Waals surface area (Å²) in [4.78, 5) is 11.0. The Morgan fingerprint density at radius 3 is 2.36 bits per heavy atom. The molecule has 0 aliphatic rings. The Labute approximate surface area is 83.9 Å². The number of carbonyl (C=O) groups excluding carboxylic acids is 1. The first-order chi connectivity index (χ1) is 6.35. The van der Waals surface area contributed by atoms with E-state index in [1.165, 1.54) is 6.92 Å². The van der Waals surface area contributed by atoms with Gasteiger partial charge in [0.15, 0.2) is 5.25 Å². The van der Waals surface area contributed by atoms with Crippen LogP contribution >= 0.6 is 0 Å². The summed E-state index contributed by atoms with van der Waals surface area (Å²) in [5, 5.41) is -1.22. The number of hydrogen-bond donors (Lipinski definition) is 2. The third kappa shape index (κ3) is 3.60. The topological polar surface area (TPSA) is 98.5 Å². The Morgan fingerprint density at radius 2 is 2.00 bits per heavy atom. The van der Waals surface area contributed by atoms with E-state index < -0.39 is 27.3 Å². The van der Waals surface area contributed by atoms with Gasteiger partial charge in [0.05, 0.1) is 7.11 Å². The maximum absolute atomic E-state index is 11.4. The summed E-state index contributed by atoms with van der Waals surface area (Å²) >= 11 is 0. The molecule has 0 aliphatic heterocycles. The summed E-state index contributed by atoms with van der Waals surface area (Å²) in [5.74, 6) is -0.790. The van der Waals surface area contributed by atoms with E-state index in [4.69, 9.17) is 5.73 Å². The van der Waals surface area contributed by atoms with E-state index in [0.717, 1.165) is 7.11 Å². The van der Waals surface area contributed by atoms with Crippen LogP contribution in [0.15, 0.2) is 0 Å². The molecule has 0 aliphatic carbocycles. The number of hydrogen-bond acceptors (Lipinski definition) is 5. The minimum atomic E-state index is -3.69. The van der Waals surface area contributed by atoms with E-state index in [1.807, 2.05) is 0 Å². The first-order valence-corrected chi connectivity index (χ1v) is 5.68. The summed E-state index contributed by atoms with van der Waals surface area (Å²) in [5.41, 5.74) is 5.24. The molecule has 0 aromatic rings. The van der Waals surface area contributed by atoms with Crippen molar-refractivity contribution in [3.05, 3.63) is 0 Å². The molecule has 0 saturated carbocycles. The van der Waals surface area contributed by atoms with Crippen LogP contribution in [0.3, 0.4) is 0 Å². The molecule has 0 saturated heterocycles. The second-order valence-electron chi connectivity index (χ2n) is 2.96. The van der Waals surface area contributed by atoms with Gasteiger partial charge in [-0.2, -0.15) is 0 Å². The van der Waals surface area contributed by atoms with Crippen LogP contribution in [0.2, 0.25) is 0 Å². The number of nitrogens with two attached hydrogens (primary N) is 1. The number of carbonyl (C=O) groups is 1. The Balaban J connectivity index is 4.55. The zero-order valence-electron chi connectivity index (χ0n) is 8.48. The molecule has 3 N–H and O–H groups in total. The van der Waals surface area contributed by atoms with Crippen LogP contribution in [0, 0.1) is 0 Å². The molecule has 1 unspecified atom stereocenters. The van der Waals surface area contributed by atoms with Crippen molar-refractivity contribution in [1.29, 1.82) is 0 Å². The normalized spacial score (nSPS) is 16.0. The number of rotatable bonds is 5. The quantitative estimate of drug-likeness (QED) is 0.572. The maximum atomic E-state index is 11.4. The van der Waals surface area contributed by atoms with Gasteiger partial charge in [-0.3, -0.25) is 4.79 Å². The fourth-order valence-corrected chi connectivity index (χ4v) is 1.93. The zero-order chi connectivity index (χ0) is 11.4. The van der Waals surface area contributed by atoms with Crippen LogP contribution in [0.4, 0.5) is 0 Å². The molecule has 6 nitrogen and oxygen atoms in total. The highest BCUT2D eigenvalue weighted by Crippen LogP contribution is 2.01. The van der Waals surface area contributed by atoms with Gasteiger partial charge in [-0.25, -0.2) is 13.1 Å². The van der Waals surface area contributed by atoms with Gasteiger partial charge < -0.3 is 10.5 Å². The SMILES string of the molecule is COC(=O)C(C)S(=O)(=O)N[C@H](C)CN. The van der Waals surface area contributed by atoms with E-state index in [0.29, 0.717) is 0 Å². The standard InChI is InChI=1S/C7H16N2O4S/c1-5(4-8)9-14(11,12)6(2)7(10)13-3/h5-6,9H,4,8H2,1-3H3/t5-,6?/m1/s1. The lowest BCUT2D eigenvalue weighted by Gasteiger charge is -2.15. The van der Waals surface area contributed by atoms with Gasteiger partial charge in [0.2, 0.25) is 10.0 Å². The lowest BCUT2D eigenvalue weighted by atomic mass is 10.4. The molecule has 0 amide bonds. The van der Waals surface area contributed by atoms with Crippen molar-refractivity contribution in [3.8, 4) is 0 Å². The number of methoxy groups -OCH3 is 1. The van der Waals surface area contributed by atoms with Crippen molar-refractivity contribution in [1.82, 2.24) is 4.72 Å². The van der Waals surface area contributed by atoms with Crippen molar-refractivity contribution in [2.24, 2.45) is 5.73 Å². The van der Waals surface area contributed by atoms with Gasteiger partial charge in [0.1, 0.15) is 0 Å². The highest BCUT2D eigenvalue weighted by Gasteiger charge is 2.29. The summed E-state index contributed by atoms with van der Waals surface area (Å²) < 4.78 is 29.5. The third-order valence-electron chi connectivity index (χ3n) is 1.72. The van der Waals surface area contributed by atoms with Gasteiger partial charge >= 0.3 is 5.97 Å². The van der Waals surface area contributed by atoms with Crippen LogP contribution in [0.25, 0.3) is 0 Å². The zero-order valence-corrected chi connectivity index (χ0v) is 9.30. The maximum Gasteiger partial charge on any atom is 0.325 e. The second kappa shape index (κ2) is 5.28. The van der Waals surface area contributed by atoms with E-state index in [9.17, 15) is 13.2 Å². The third-order valence-corrected chi connectivity index (χ3v) is 3.57. The van der Waals surface area contributed by atoms with Crippen LogP contribution < -0.4 is 10.5 Å². The molecule has 0 radical (unpaired) electrons. The van der Waals surface area contributed by atoms with Crippen molar-refractivity contribution in [3.63, 3.8) is 0 Å². The molecule has 0 heterocycles. The first kappa shape index (κ1) is 13.3. The van der Waals surface area contributed by atoms with Crippen molar-refractivity contribution >= 4 is 16.0 Å². The lowest BCUT2D eigenvalue weighted by molar-refractivity contribution is -0.139. The molecule has 14 heavy (non-hydrogen) atoms. The average Bonchev–Trinajstić information content (AvgIpc) is 2.14. The van der Waals surface area contributed by atoms with Gasteiger partial charge in [-0.1, -0.05) is 0 Å². The Bertz CT molecular complexity index is 288. The van der Waals surface area contributed by atoms with E-state index in [1.54, 1.807) is 6.92 Å². The Hall–Kier alpha value is -0.660.